The number of halogens is 2. The standard InChI is InChI=1S/C11H7BrClNO2/c12-7-2-3-9-8(6-7)10(15)11(16)14(9)5-1-4-13/h1-4,6H,5H2/b4-1+. The maximum atomic E-state index is 11.7. The molecule has 1 heterocycles. The van der Waals surface area contributed by atoms with Crippen LogP contribution in [0.3, 0.4) is 0 Å². The number of fused-ring (bicyclic) bond motifs is 1. The van der Waals surface area contributed by atoms with Crippen LogP contribution in [0, 0.1) is 0 Å². The van der Waals surface area contributed by atoms with E-state index in [4.69, 9.17) is 11.6 Å². The van der Waals surface area contributed by atoms with Crippen molar-refractivity contribution in [2.45, 2.75) is 0 Å². The summed E-state index contributed by atoms with van der Waals surface area (Å²) in [5, 5.41) is 0. The molecular weight excluding hydrogens is 293 g/mol. The maximum absolute atomic E-state index is 11.7. The number of Topliss-reactive ketones (excluding diaryl/α,β-unsaturated/α-hetero) is 1. The van der Waals surface area contributed by atoms with Crippen LogP contribution in [0.5, 0.6) is 0 Å². The van der Waals surface area contributed by atoms with E-state index in [0.717, 1.165) is 4.47 Å². The number of amides is 1. The first-order chi connectivity index (χ1) is 7.65. The van der Waals surface area contributed by atoms with Crippen LogP contribution in [0.2, 0.25) is 0 Å². The minimum Gasteiger partial charge on any atom is -0.301 e. The molecule has 0 saturated heterocycles. The SMILES string of the molecule is O=C1C(=O)N(C/C=C/Cl)c2ccc(Br)cc21. The van der Waals surface area contributed by atoms with Crippen LogP contribution in [0.15, 0.2) is 34.3 Å². The summed E-state index contributed by atoms with van der Waals surface area (Å²) < 4.78 is 0.780. The zero-order valence-electron chi connectivity index (χ0n) is 8.11. The normalized spacial score (nSPS) is 15.0. The third-order valence-corrected chi connectivity index (χ3v) is 2.98. The van der Waals surface area contributed by atoms with Crippen LogP contribution in [0.4, 0.5) is 5.69 Å². The summed E-state index contributed by atoms with van der Waals surface area (Å²) in [4.78, 5) is 24.7. The molecular formula is C11H7BrClNO2. The molecule has 82 valence electrons. The lowest BCUT2D eigenvalue weighted by Crippen LogP contribution is -2.29. The Bertz CT molecular complexity index is 499. The summed E-state index contributed by atoms with van der Waals surface area (Å²) >= 11 is 8.67. The molecule has 0 bridgehead atoms. The predicted octanol–water partition coefficient (Wildman–Crippen LogP) is 2.73. The molecule has 2 rings (SSSR count). The van der Waals surface area contributed by atoms with E-state index in [-0.39, 0.29) is 0 Å². The number of anilines is 1. The number of benzene rings is 1. The van der Waals surface area contributed by atoms with Crippen molar-refractivity contribution < 1.29 is 9.59 Å². The van der Waals surface area contributed by atoms with Gasteiger partial charge >= 0.3 is 0 Å². The summed E-state index contributed by atoms with van der Waals surface area (Å²) in [7, 11) is 0. The Morgan fingerprint density at radius 3 is 2.81 bits per heavy atom. The van der Waals surface area contributed by atoms with Crippen molar-refractivity contribution in [1.82, 2.24) is 0 Å². The molecule has 0 fully saturated rings. The van der Waals surface area contributed by atoms with E-state index in [0.29, 0.717) is 17.8 Å². The number of rotatable bonds is 2. The molecule has 1 amide bonds. The van der Waals surface area contributed by atoms with Gasteiger partial charge in [0.25, 0.3) is 11.7 Å². The molecule has 1 aromatic rings. The van der Waals surface area contributed by atoms with Gasteiger partial charge in [0.1, 0.15) is 0 Å². The number of hydrogen-bond acceptors (Lipinski definition) is 2. The van der Waals surface area contributed by atoms with Crippen molar-refractivity contribution in [3.8, 4) is 0 Å². The monoisotopic (exact) mass is 299 g/mol. The predicted molar refractivity (Wildman–Crippen MR) is 65.8 cm³/mol. The largest absolute Gasteiger partial charge is 0.301 e. The highest BCUT2D eigenvalue weighted by molar-refractivity contribution is 9.10. The highest BCUT2D eigenvalue weighted by Gasteiger charge is 2.34. The Hall–Kier alpha value is -1.13. The lowest BCUT2D eigenvalue weighted by Gasteiger charge is -2.13. The number of nitrogens with zero attached hydrogens (tertiary/aromatic N) is 1. The molecule has 0 unspecified atom stereocenters. The fourth-order valence-corrected chi connectivity index (χ4v) is 2.04. The van der Waals surface area contributed by atoms with Crippen LogP contribution < -0.4 is 4.90 Å². The third kappa shape index (κ3) is 1.79. The Labute approximate surface area is 106 Å². The highest BCUT2D eigenvalue weighted by Crippen LogP contribution is 2.31. The molecule has 5 heteroatoms. The van der Waals surface area contributed by atoms with Crippen molar-refractivity contribution in [3.05, 3.63) is 39.8 Å². The first-order valence-electron chi connectivity index (χ1n) is 4.56. The first kappa shape index (κ1) is 11.4. The smallest absolute Gasteiger partial charge is 0.299 e. The van der Waals surface area contributed by atoms with E-state index in [2.05, 4.69) is 15.9 Å². The van der Waals surface area contributed by atoms with Crippen molar-refractivity contribution in [2.24, 2.45) is 0 Å². The van der Waals surface area contributed by atoms with Gasteiger partial charge in [0.05, 0.1) is 11.3 Å². The maximum Gasteiger partial charge on any atom is 0.299 e. The molecule has 16 heavy (non-hydrogen) atoms. The average molecular weight is 301 g/mol. The van der Waals surface area contributed by atoms with Gasteiger partial charge in [0, 0.05) is 16.6 Å². The van der Waals surface area contributed by atoms with E-state index >= 15 is 0 Å². The average Bonchev–Trinajstić information content (AvgIpc) is 2.50. The molecule has 1 aromatic carbocycles. The molecule has 0 saturated carbocycles. The zero-order chi connectivity index (χ0) is 11.7. The molecule has 0 radical (unpaired) electrons. The van der Waals surface area contributed by atoms with Gasteiger partial charge in [-0.05, 0) is 18.2 Å². The van der Waals surface area contributed by atoms with E-state index in [1.54, 1.807) is 24.3 Å². The molecule has 0 aromatic heterocycles. The van der Waals surface area contributed by atoms with Crippen LogP contribution >= 0.6 is 27.5 Å². The highest BCUT2D eigenvalue weighted by atomic mass is 79.9. The summed E-state index contributed by atoms with van der Waals surface area (Å²) in [5.74, 6) is -0.984. The van der Waals surface area contributed by atoms with E-state index in [1.165, 1.54) is 10.4 Å². The molecule has 1 aliphatic rings. The topological polar surface area (TPSA) is 37.4 Å². The Morgan fingerprint density at radius 1 is 1.38 bits per heavy atom. The van der Waals surface area contributed by atoms with Crippen molar-refractivity contribution in [1.29, 1.82) is 0 Å². The van der Waals surface area contributed by atoms with Gasteiger partial charge < -0.3 is 4.90 Å². The number of carbonyl (C=O) groups excluding carboxylic acids is 2. The second-order valence-corrected chi connectivity index (χ2v) is 4.44. The van der Waals surface area contributed by atoms with Gasteiger partial charge in [-0.2, -0.15) is 0 Å². The number of ketones is 1. The molecule has 0 spiro atoms. The van der Waals surface area contributed by atoms with E-state index < -0.39 is 11.7 Å². The molecule has 0 N–H and O–H groups in total. The van der Waals surface area contributed by atoms with Crippen LogP contribution in [0.25, 0.3) is 0 Å². The van der Waals surface area contributed by atoms with Gasteiger partial charge in [-0.1, -0.05) is 33.6 Å². The van der Waals surface area contributed by atoms with E-state index in [9.17, 15) is 9.59 Å². The van der Waals surface area contributed by atoms with Gasteiger partial charge in [0.2, 0.25) is 0 Å². The minimum absolute atomic E-state index is 0.308. The molecule has 0 atom stereocenters. The number of carbonyl (C=O) groups is 2. The third-order valence-electron chi connectivity index (χ3n) is 2.31. The Morgan fingerprint density at radius 2 is 2.12 bits per heavy atom. The zero-order valence-corrected chi connectivity index (χ0v) is 10.5. The van der Waals surface area contributed by atoms with Crippen LogP contribution in [-0.2, 0) is 4.79 Å². The summed E-state index contributed by atoms with van der Waals surface area (Å²) in [6, 6.07) is 5.19. The Balaban J connectivity index is 2.45. The molecule has 3 nitrogen and oxygen atoms in total. The van der Waals surface area contributed by atoms with Gasteiger partial charge in [-0.25, -0.2) is 0 Å². The van der Waals surface area contributed by atoms with Crippen LogP contribution in [0.1, 0.15) is 10.4 Å². The second kappa shape index (κ2) is 4.39. The second-order valence-electron chi connectivity index (χ2n) is 3.27. The van der Waals surface area contributed by atoms with Gasteiger partial charge in [0.15, 0.2) is 0 Å². The fourth-order valence-electron chi connectivity index (χ4n) is 1.60. The molecule has 1 aliphatic heterocycles. The van der Waals surface area contributed by atoms with Crippen molar-refractivity contribution in [2.75, 3.05) is 11.4 Å². The van der Waals surface area contributed by atoms with E-state index in [1.807, 2.05) is 0 Å². The summed E-state index contributed by atoms with van der Waals surface area (Å²) in [5.41, 5.74) is 2.39. The summed E-state index contributed by atoms with van der Waals surface area (Å²) in [6.07, 6.45) is 1.61. The minimum atomic E-state index is -0.511. The van der Waals surface area contributed by atoms with Crippen LogP contribution in [-0.4, -0.2) is 18.2 Å². The van der Waals surface area contributed by atoms with Gasteiger partial charge in [-0.15, -0.1) is 0 Å². The lowest BCUT2D eigenvalue weighted by molar-refractivity contribution is -0.114. The fraction of sp³-hybridized carbons (Fsp3) is 0.0909. The summed E-state index contributed by atoms with van der Waals surface area (Å²) in [6.45, 7) is 0.308. The lowest BCUT2D eigenvalue weighted by atomic mass is 10.1. The van der Waals surface area contributed by atoms with Crippen molar-refractivity contribution in [3.63, 3.8) is 0 Å². The van der Waals surface area contributed by atoms with Crippen molar-refractivity contribution >= 4 is 44.9 Å². The first-order valence-corrected chi connectivity index (χ1v) is 5.79. The Kier molecular flexibility index (Phi) is 3.12. The molecule has 0 aliphatic carbocycles. The number of hydrogen-bond donors (Lipinski definition) is 0. The quantitative estimate of drug-likeness (QED) is 0.788. The van der Waals surface area contributed by atoms with Gasteiger partial charge in [-0.3, -0.25) is 9.59 Å².